The molecule has 242 valence electrons. The molecule has 2 aromatic rings. The molecule has 0 aliphatic carbocycles. The van der Waals surface area contributed by atoms with Crippen LogP contribution in [0.1, 0.15) is 12.6 Å². The van der Waals surface area contributed by atoms with E-state index in [-0.39, 0.29) is 29.0 Å². The number of nitrogens with zero attached hydrogens (tertiary/aromatic N) is 5. The Bertz CT molecular complexity index is 1560. The van der Waals surface area contributed by atoms with Crippen LogP contribution in [0.5, 0.6) is 0 Å². The lowest BCUT2D eigenvalue weighted by Crippen LogP contribution is -2.40. The summed E-state index contributed by atoms with van der Waals surface area (Å²) >= 11 is 0. The van der Waals surface area contributed by atoms with Crippen molar-refractivity contribution in [1.82, 2.24) is 24.4 Å². The summed E-state index contributed by atoms with van der Waals surface area (Å²) in [5.41, 5.74) is 11.6. The summed E-state index contributed by atoms with van der Waals surface area (Å²) in [6.07, 6.45) is -4.88. The Labute approximate surface area is 247 Å². The molecule has 0 radical (unpaired) electrons. The number of aliphatic hydroxyl groups is 4. The molecule has 0 saturated carbocycles. The van der Waals surface area contributed by atoms with Gasteiger partial charge in [-0.25, -0.2) is 24.1 Å². The monoisotopic (exact) mass is 665 g/mol. The highest BCUT2D eigenvalue weighted by Crippen LogP contribution is 2.60. The highest BCUT2D eigenvalue weighted by Gasteiger charge is 2.48. The number of rotatable bonds is 11. The van der Waals surface area contributed by atoms with Crippen LogP contribution in [0.15, 0.2) is 36.7 Å². The van der Waals surface area contributed by atoms with Gasteiger partial charge in [-0.2, -0.15) is 4.31 Å². The van der Waals surface area contributed by atoms with Crippen molar-refractivity contribution in [2.24, 2.45) is 5.73 Å². The molecule has 2 aromatic heterocycles. The third kappa shape index (κ3) is 6.70. The highest BCUT2D eigenvalue weighted by molar-refractivity contribution is 7.61. The Morgan fingerprint density at radius 1 is 0.955 bits per heavy atom. The van der Waals surface area contributed by atoms with Gasteiger partial charge in [0, 0.05) is 18.0 Å². The zero-order valence-corrected chi connectivity index (χ0v) is 24.2. The molecule has 10 atom stereocenters. The minimum atomic E-state index is -5.37. The Hall–Kier alpha value is -2.88. The first kappa shape index (κ1) is 32.5. The fraction of sp³-hybridized carbons (Fsp3) is 0.524. The Kier molecular flexibility index (Phi) is 9.23. The van der Waals surface area contributed by atoms with Crippen LogP contribution in [-0.2, 0) is 36.8 Å². The first-order valence-electron chi connectivity index (χ1n) is 12.7. The van der Waals surface area contributed by atoms with E-state index in [1.165, 1.54) is 28.2 Å². The summed E-state index contributed by atoms with van der Waals surface area (Å²) in [5.74, 6) is -0.658. The molecule has 3 aliphatic heterocycles. The normalized spacial score (nSPS) is 33.3. The molecule has 5 rings (SSSR count). The van der Waals surface area contributed by atoms with Gasteiger partial charge in [0.2, 0.25) is 5.91 Å². The second kappa shape index (κ2) is 12.5. The van der Waals surface area contributed by atoms with Gasteiger partial charge >= 0.3 is 15.6 Å². The number of anilines is 1. The van der Waals surface area contributed by atoms with E-state index in [1.807, 2.05) is 0 Å². The Morgan fingerprint density at radius 2 is 1.55 bits per heavy atom. The lowest BCUT2D eigenvalue weighted by molar-refractivity contribution is -0.115. The number of allylic oxidation sites excluding steroid dienone is 1. The van der Waals surface area contributed by atoms with Gasteiger partial charge < -0.3 is 56.1 Å². The molecule has 2 unspecified atom stereocenters. The third-order valence-corrected chi connectivity index (χ3v) is 9.48. The quantitative estimate of drug-likeness (QED) is 0.113. The predicted molar refractivity (Wildman–Crippen MR) is 142 cm³/mol. The van der Waals surface area contributed by atoms with Crippen molar-refractivity contribution >= 4 is 38.5 Å². The van der Waals surface area contributed by atoms with E-state index in [1.54, 1.807) is 6.08 Å². The largest absolute Gasteiger partial charge is 0.481 e. The van der Waals surface area contributed by atoms with Crippen LogP contribution < -0.4 is 11.5 Å². The molecule has 10 N–H and O–H groups in total. The van der Waals surface area contributed by atoms with E-state index < -0.39 is 83.8 Å². The molecule has 0 bridgehead atoms. The van der Waals surface area contributed by atoms with Crippen molar-refractivity contribution in [3.05, 3.63) is 36.7 Å². The summed E-state index contributed by atoms with van der Waals surface area (Å²) in [4.78, 5) is 44.6. The number of hydrogen-bond acceptors (Lipinski definition) is 17. The fourth-order valence-corrected chi connectivity index (χ4v) is 6.77. The molecular formula is C21H29N7O14P2. The number of phosphoric ester groups is 2. The van der Waals surface area contributed by atoms with Gasteiger partial charge in [0.15, 0.2) is 23.9 Å². The zero-order chi connectivity index (χ0) is 32.0. The van der Waals surface area contributed by atoms with Crippen LogP contribution in [-0.4, -0.2) is 117 Å². The van der Waals surface area contributed by atoms with Crippen LogP contribution >= 0.6 is 15.6 Å². The molecule has 44 heavy (non-hydrogen) atoms. The van der Waals surface area contributed by atoms with Gasteiger partial charge in [-0.3, -0.25) is 18.4 Å². The zero-order valence-electron chi connectivity index (χ0n) is 22.4. The van der Waals surface area contributed by atoms with E-state index in [4.69, 9.17) is 30.0 Å². The molecule has 21 nitrogen and oxygen atoms in total. The smallest absolute Gasteiger partial charge is 0.387 e. The van der Waals surface area contributed by atoms with Gasteiger partial charge in [-0.15, -0.1) is 0 Å². The minimum absolute atomic E-state index is 0.0517. The van der Waals surface area contributed by atoms with Gasteiger partial charge in [0.05, 0.1) is 19.5 Å². The first-order chi connectivity index (χ1) is 20.7. The number of phosphoric acid groups is 2. The van der Waals surface area contributed by atoms with Gasteiger partial charge in [-0.1, -0.05) is 6.08 Å². The number of ether oxygens (including phenoxy) is 2. The standard InChI is InChI=1S/C21H29N7O14P2/c22-17-12-19(25-7-24-17)28(8-26-12)21-16(32)14(30)11(41-21)6-39-44(36,37)42-43(34,35)38-5-10-13(29)15(31)20(40-10)27-3-1-2-9(4-27)18(23)33/h1,3-4,7-8,10-11,13-16,20-21,29-32H,2,5-6H2,(H2,23,33)(H,34,35)(H,36,37)(H2,22,24,25)/t10-,11-,13+,14-,15-,16-,20-,21-/m0/s1. The number of aliphatic hydroxyl groups excluding tert-OH is 4. The van der Waals surface area contributed by atoms with Crippen LogP contribution in [0.4, 0.5) is 5.82 Å². The fourth-order valence-electron chi connectivity index (χ4n) is 4.68. The van der Waals surface area contributed by atoms with Crippen LogP contribution in [0.3, 0.4) is 0 Å². The van der Waals surface area contributed by atoms with Crippen molar-refractivity contribution in [1.29, 1.82) is 0 Å². The molecule has 3 aliphatic rings. The summed E-state index contributed by atoms with van der Waals surface area (Å²) in [7, 11) is -10.7. The molecule has 5 heterocycles. The molecule has 0 aromatic carbocycles. The molecular weight excluding hydrogens is 636 g/mol. The van der Waals surface area contributed by atoms with E-state index in [9.17, 15) is 44.1 Å². The van der Waals surface area contributed by atoms with Crippen molar-refractivity contribution in [3.63, 3.8) is 0 Å². The van der Waals surface area contributed by atoms with E-state index in [2.05, 4.69) is 19.3 Å². The number of aromatic nitrogens is 4. The van der Waals surface area contributed by atoms with Crippen LogP contribution in [0, 0.1) is 0 Å². The van der Waals surface area contributed by atoms with E-state index >= 15 is 0 Å². The number of carbonyl (C=O) groups excluding carboxylic acids is 1. The minimum Gasteiger partial charge on any atom is -0.387 e. The predicted octanol–water partition coefficient (Wildman–Crippen LogP) is -2.69. The number of carbonyl (C=O) groups is 1. The summed E-state index contributed by atoms with van der Waals surface area (Å²) in [6, 6.07) is 0. The summed E-state index contributed by atoms with van der Waals surface area (Å²) in [6.45, 7) is -1.79. The number of amides is 1. The van der Waals surface area contributed by atoms with Gasteiger partial charge in [-0.05, 0) is 6.42 Å². The van der Waals surface area contributed by atoms with Crippen molar-refractivity contribution in [2.75, 3.05) is 18.9 Å². The van der Waals surface area contributed by atoms with Gasteiger partial charge in [0.1, 0.15) is 48.5 Å². The highest BCUT2D eigenvalue weighted by atomic mass is 31.3. The van der Waals surface area contributed by atoms with Crippen molar-refractivity contribution in [3.8, 4) is 0 Å². The number of imidazole rings is 1. The van der Waals surface area contributed by atoms with Gasteiger partial charge in [0.25, 0.3) is 0 Å². The Balaban J connectivity index is 1.15. The topological polar surface area (TPSA) is 318 Å². The van der Waals surface area contributed by atoms with Crippen molar-refractivity contribution in [2.45, 2.75) is 55.5 Å². The maximum Gasteiger partial charge on any atom is 0.481 e. The second-order valence-corrected chi connectivity index (χ2v) is 12.9. The third-order valence-electron chi connectivity index (χ3n) is 6.88. The van der Waals surface area contributed by atoms with Crippen LogP contribution in [0.2, 0.25) is 0 Å². The maximum atomic E-state index is 12.4. The molecule has 0 spiro atoms. The number of primary amides is 1. The molecule has 2 saturated heterocycles. The lowest BCUT2D eigenvalue weighted by Gasteiger charge is -2.28. The number of nitrogens with two attached hydrogens (primary N) is 2. The van der Waals surface area contributed by atoms with E-state index in [0.717, 1.165) is 6.33 Å². The molecule has 1 amide bonds. The van der Waals surface area contributed by atoms with Crippen LogP contribution in [0.25, 0.3) is 11.2 Å². The number of fused-ring (bicyclic) bond motifs is 1. The second-order valence-electron chi connectivity index (χ2n) is 9.84. The maximum absolute atomic E-state index is 12.4. The number of hydrogen-bond donors (Lipinski definition) is 8. The Morgan fingerprint density at radius 3 is 2.16 bits per heavy atom. The summed E-state index contributed by atoms with van der Waals surface area (Å²) < 4.78 is 50.8. The lowest BCUT2D eigenvalue weighted by atomic mass is 10.1. The number of nitrogen functional groups attached to an aromatic ring is 1. The van der Waals surface area contributed by atoms with E-state index in [0.29, 0.717) is 0 Å². The average molecular weight is 665 g/mol. The first-order valence-corrected chi connectivity index (χ1v) is 15.7. The molecule has 2 fully saturated rings. The SMILES string of the molecule is NC(=O)C1=CN([C@H]2O[C@@H](COP(=O)(O)OP(=O)(O)OC[C@@H]3O[C@H](n4cnc5c(N)ncnc54)[C@@H](O)[C@H]3O)[C@@H](O)[C@@H]2O)C=CC1. The summed E-state index contributed by atoms with van der Waals surface area (Å²) in [5, 5.41) is 41.6. The molecule has 23 heteroatoms. The van der Waals surface area contributed by atoms with Crippen molar-refractivity contribution < 1.29 is 67.0 Å². The average Bonchev–Trinajstić information content (AvgIpc) is 3.61.